The van der Waals surface area contributed by atoms with Crippen molar-refractivity contribution >= 4 is 35.0 Å². The van der Waals surface area contributed by atoms with Gasteiger partial charge < -0.3 is 18.9 Å². The average molecular weight is 595 g/mol. The summed E-state index contributed by atoms with van der Waals surface area (Å²) < 4.78 is 22.2. The number of rotatable bonds is 9. The molecule has 1 aliphatic rings. The Hall–Kier alpha value is -5.77. The van der Waals surface area contributed by atoms with E-state index in [1.54, 1.807) is 0 Å². The Morgan fingerprint density at radius 2 is 0.977 bits per heavy atom. The summed E-state index contributed by atoms with van der Waals surface area (Å²) in [6, 6.07) is 13.7. The van der Waals surface area contributed by atoms with Crippen LogP contribution in [-0.4, -0.2) is 57.3 Å². The normalized spacial score (nSPS) is 19.5. The number of hydrogen-bond acceptors (Lipinski definition) is 13. The molecule has 16 nitrogen and oxygen atoms in total. The van der Waals surface area contributed by atoms with Gasteiger partial charge in [0.05, 0.1) is 44.0 Å². The molecule has 4 rings (SSSR count). The van der Waals surface area contributed by atoms with Crippen molar-refractivity contribution in [2.45, 2.75) is 37.9 Å². The van der Waals surface area contributed by atoms with E-state index in [-0.39, 0.29) is 40.2 Å². The number of benzene rings is 3. The van der Waals surface area contributed by atoms with E-state index >= 15 is 0 Å². The lowest BCUT2D eigenvalue weighted by atomic mass is 10.0. The zero-order valence-corrected chi connectivity index (χ0v) is 22.1. The smallest absolute Gasteiger partial charge is 0.340 e. The number of nitro benzene ring substituents is 3. The molecule has 43 heavy (non-hydrogen) atoms. The first-order valence-corrected chi connectivity index (χ1v) is 12.4. The first-order valence-electron chi connectivity index (χ1n) is 12.4. The second kappa shape index (κ2) is 12.8. The summed E-state index contributed by atoms with van der Waals surface area (Å²) in [6.07, 6.45) is -5.11. The second-order valence-electron chi connectivity index (χ2n) is 9.14. The number of esters is 3. The number of carbonyl (C=O) groups is 3. The molecule has 1 aliphatic heterocycles. The molecule has 4 atom stereocenters. The van der Waals surface area contributed by atoms with Crippen LogP contribution in [0.3, 0.4) is 0 Å². The predicted octanol–water partition coefficient (Wildman–Crippen LogP) is 4.15. The van der Waals surface area contributed by atoms with Gasteiger partial charge in [-0.25, -0.2) is 14.4 Å². The van der Waals surface area contributed by atoms with Crippen LogP contribution in [0.4, 0.5) is 17.1 Å². The van der Waals surface area contributed by atoms with Crippen LogP contribution in [0, 0.1) is 30.3 Å². The molecule has 0 radical (unpaired) electrons. The highest BCUT2D eigenvalue weighted by Crippen LogP contribution is 2.29. The van der Waals surface area contributed by atoms with Crippen LogP contribution in [0.15, 0.2) is 72.8 Å². The maximum absolute atomic E-state index is 12.9. The summed E-state index contributed by atoms with van der Waals surface area (Å²) in [5.41, 5.74) is -0.861. The molecule has 0 amide bonds. The number of carbonyl (C=O) groups excluding carboxylic acids is 3. The molecule has 0 aromatic heterocycles. The topological polar surface area (TPSA) is 218 Å². The largest absolute Gasteiger partial charge is 0.454 e. The number of ether oxygens (including phenoxy) is 4. The molecule has 3 aromatic carbocycles. The van der Waals surface area contributed by atoms with Gasteiger partial charge in [0.15, 0.2) is 6.10 Å². The van der Waals surface area contributed by atoms with E-state index in [2.05, 4.69) is 0 Å². The molecule has 0 unspecified atom stereocenters. The third kappa shape index (κ3) is 7.31. The molecular weight excluding hydrogens is 574 g/mol. The van der Waals surface area contributed by atoms with Gasteiger partial charge in [0.1, 0.15) is 6.10 Å². The first-order chi connectivity index (χ1) is 20.4. The Labute approximate surface area is 241 Å². The second-order valence-corrected chi connectivity index (χ2v) is 9.14. The third-order valence-electron chi connectivity index (χ3n) is 6.30. The van der Waals surface area contributed by atoms with E-state index in [1.165, 1.54) is 43.3 Å². The number of non-ortho nitro benzene ring substituents is 3. The molecule has 3 aromatic rings. The van der Waals surface area contributed by atoms with Gasteiger partial charge in [-0.3, -0.25) is 30.3 Å². The van der Waals surface area contributed by atoms with Crippen molar-refractivity contribution in [3.8, 4) is 0 Å². The van der Waals surface area contributed by atoms with E-state index in [0.717, 1.165) is 36.4 Å². The highest BCUT2D eigenvalue weighted by atomic mass is 16.7. The quantitative estimate of drug-likeness (QED) is 0.147. The lowest BCUT2D eigenvalue weighted by Gasteiger charge is -2.38. The van der Waals surface area contributed by atoms with Crippen LogP contribution in [-0.2, 0) is 18.9 Å². The number of hydrogen-bond donors (Lipinski definition) is 0. The average Bonchev–Trinajstić information content (AvgIpc) is 2.98. The molecule has 0 aliphatic carbocycles. The molecule has 0 bridgehead atoms. The van der Waals surface area contributed by atoms with Crippen LogP contribution in [0.25, 0.3) is 0 Å². The molecule has 222 valence electrons. The standard InChI is InChI=1S/C27H21N3O13/c1-15-24(43-27(33)18-6-12-21(13-7-18)30(38)39)22(41-25(31)16-2-8-19(9-3-16)28(34)35)14-23(40-15)42-26(32)17-4-10-20(11-5-17)29(36)37/h2-13,15,22-24H,14H2,1H3/t15-,22+,23-,24+/m0/s1. The minimum absolute atomic E-state index is 0.0204. The number of nitrogens with zero attached hydrogens (tertiary/aromatic N) is 3. The molecule has 0 spiro atoms. The highest BCUT2D eigenvalue weighted by Gasteiger charge is 2.43. The zero-order chi connectivity index (χ0) is 31.3. The summed E-state index contributed by atoms with van der Waals surface area (Å²) in [4.78, 5) is 69.3. The molecule has 16 heteroatoms. The Kier molecular flexibility index (Phi) is 9.00. The Morgan fingerprint density at radius 1 is 0.628 bits per heavy atom. The summed E-state index contributed by atoms with van der Waals surface area (Å²) in [7, 11) is 0. The fourth-order valence-corrected chi connectivity index (χ4v) is 4.10. The monoisotopic (exact) mass is 595 g/mol. The predicted molar refractivity (Wildman–Crippen MR) is 142 cm³/mol. The fraction of sp³-hybridized carbons (Fsp3) is 0.222. The van der Waals surface area contributed by atoms with Crippen molar-refractivity contribution in [2.75, 3.05) is 0 Å². The Morgan fingerprint density at radius 3 is 1.35 bits per heavy atom. The van der Waals surface area contributed by atoms with Crippen LogP contribution < -0.4 is 0 Å². The van der Waals surface area contributed by atoms with E-state index in [4.69, 9.17) is 18.9 Å². The summed E-state index contributed by atoms with van der Waals surface area (Å²) in [5.74, 6) is -2.73. The minimum atomic E-state index is -1.30. The van der Waals surface area contributed by atoms with E-state index in [9.17, 15) is 44.7 Å². The maximum atomic E-state index is 12.9. The van der Waals surface area contributed by atoms with Gasteiger partial charge in [-0.15, -0.1) is 0 Å². The van der Waals surface area contributed by atoms with Crippen molar-refractivity contribution < 1.29 is 48.1 Å². The van der Waals surface area contributed by atoms with Crippen LogP contribution >= 0.6 is 0 Å². The fourth-order valence-electron chi connectivity index (χ4n) is 4.10. The van der Waals surface area contributed by atoms with Gasteiger partial charge in [-0.1, -0.05) is 0 Å². The van der Waals surface area contributed by atoms with Gasteiger partial charge in [0.2, 0.25) is 6.29 Å². The van der Waals surface area contributed by atoms with Crippen LogP contribution in [0.5, 0.6) is 0 Å². The van der Waals surface area contributed by atoms with Gasteiger partial charge in [-0.05, 0) is 43.3 Å². The van der Waals surface area contributed by atoms with Crippen molar-refractivity contribution in [1.82, 2.24) is 0 Å². The van der Waals surface area contributed by atoms with E-state index < -0.39 is 57.3 Å². The highest BCUT2D eigenvalue weighted by molar-refractivity contribution is 5.91. The third-order valence-corrected chi connectivity index (χ3v) is 6.30. The van der Waals surface area contributed by atoms with Crippen molar-refractivity contribution in [3.63, 3.8) is 0 Å². The van der Waals surface area contributed by atoms with Gasteiger partial charge >= 0.3 is 17.9 Å². The molecule has 1 heterocycles. The summed E-state index contributed by atoms with van der Waals surface area (Å²) in [6.45, 7) is 1.46. The van der Waals surface area contributed by atoms with Gasteiger partial charge in [0.25, 0.3) is 17.1 Å². The zero-order valence-electron chi connectivity index (χ0n) is 22.1. The van der Waals surface area contributed by atoms with Gasteiger partial charge in [0, 0.05) is 36.4 Å². The van der Waals surface area contributed by atoms with Crippen molar-refractivity contribution in [3.05, 3.63) is 120 Å². The SMILES string of the molecule is C[C@@H]1O[C@@H](OC(=O)c2ccc([N+](=O)[O-])cc2)C[C@@H](OC(=O)c2ccc([N+](=O)[O-])cc2)[C@@H]1OC(=O)c1ccc([N+](=O)[O-])cc1. The Bertz CT molecular complexity index is 1560. The molecular formula is C27H21N3O13. The van der Waals surface area contributed by atoms with Crippen LogP contribution in [0.2, 0.25) is 0 Å². The van der Waals surface area contributed by atoms with Crippen LogP contribution in [0.1, 0.15) is 44.4 Å². The lowest BCUT2D eigenvalue weighted by Crippen LogP contribution is -2.51. The molecule has 0 saturated carbocycles. The molecule has 1 fully saturated rings. The van der Waals surface area contributed by atoms with E-state index in [1.807, 2.05) is 0 Å². The molecule has 1 saturated heterocycles. The lowest BCUT2D eigenvalue weighted by molar-refractivity contribution is -0.385. The Balaban J connectivity index is 1.53. The van der Waals surface area contributed by atoms with Crippen molar-refractivity contribution in [1.29, 1.82) is 0 Å². The summed E-state index contributed by atoms with van der Waals surface area (Å²) in [5, 5.41) is 32.8. The van der Waals surface area contributed by atoms with Gasteiger partial charge in [-0.2, -0.15) is 0 Å². The van der Waals surface area contributed by atoms with E-state index in [0.29, 0.717) is 0 Å². The maximum Gasteiger partial charge on any atom is 0.340 e. The number of nitro groups is 3. The van der Waals surface area contributed by atoms with Crippen molar-refractivity contribution in [2.24, 2.45) is 0 Å². The summed E-state index contributed by atoms with van der Waals surface area (Å²) >= 11 is 0. The first kappa shape index (κ1) is 30.2. The molecule has 0 N–H and O–H groups in total. The minimum Gasteiger partial charge on any atom is -0.454 e.